The van der Waals surface area contributed by atoms with E-state index in [0.29, 0.717) is 0 Å². The molecule has 1 unspecified atom stereocenters. The van der Waals surface area contributed by atoms with Crippen molar-refractivity contribution >= 4 is 11.3 Å². The van der Waals surface area contributed by atoms with Crippen molar-refractivity contribution in [3.05, 3.63) is 21.9 Å². The molecular weight excluding hydrogens is 278 g/mol. The third-order valence-electron chi connectivity index (χ3n) is 3.99. The molecule has 0 aliphatic carbocycles. The first-order chi connectivity index (χ1) is 9.82. The Morgan fingerprint density at radius 2 is 2.05 bits per heavy atom. The van der Waals surface area contributed by atoms with Gasteiger partial charge in [-0.2, -0.15) is 0 Å². The first-order valence-corrected chi connectivity index (χ1v) is 8.83. The number of rotatable bonds is 6. The van der Waals surface area contributed by atoms with Crippen LogP contribution in [-0.4, -0.2) is 49.1 Å². The summed E-state index contributed by atoms with van der Waals surface area (Å²) in [5.74, 6) is 0.849. The molecule has 1 aromatic rings. The van der Waals surface area contributed by atoms with Crippen molar-refractivity contribution in [2.24, 2.45) is 5.92 Å². The Morgan fingerprint density at radius 3 is 2.67 bits per heavy atom. The van der Waals surface area contributed by atoms with E-state index in [0.717, 1.165) is 19.0 Å². The number of hydrogen-bond acceptors (Lipinski definition) is 4. The smallest absolute Gasteiger partial charge is 0.0325 e. The predicted molar refractivity (Wildman–Crippen MR) is 92.8 cm³/mol. The van der Waals surface area contributed by atoms with Crippen LogP contribution in [0, 0.1) is 5.92 Å². The first-order valence-electron chi connectivity index (χ1n) is 8.01. The van der Waals surface area contributed by atoms with Crippen molar-refractivity contribution in [1.29, 1.82) is 0 Å². The zero-order valence-electron chi connectivity index (χ0n) is 14.3. The molecule has 4 heteroatoms. The second-order valence-corrected chi connectivity index (χ2v) is 8.84. The average Bonchev–Trinajstić information content (AvgIpc) is 2.95. The van der Waals surface area contributed by atoms with Gasteiger partial charge in [0.15, 0.2) is 0 Å². The molecule has 1 aliphatic rings. The van der Waals surface area contributed by atoms with E-state index in [-0.39, 0.29) is 5.54 Å². The predicted octanol–water partition coefficient (Wildman–Crippen LogP) is 3.02. The highest BCUT2D eigenvalue weighted by molar-refractivity contribution is 7.11. The number of thiophene rings is 1. The molecule has 2 heterocycles. The molecule has 1 atom stereocenters. The topological polar surface area (TPSA) is 18.5 Å². The van der Waals surface area contributed by atoms with Crippen molar-refractivity contribution < 1.29 is 0 Å². The molecule has 1 aliphatic heterocycles. The molecule has 1 fully saturated rings. The monoisotopic (exact) mass is 309 g/mol. The van der Waals surface area contributed by atoms with Crippen molar-refractivity contribution in [3.63, 3.8) is 0 Å². The van der Waals surface area contributed by atoms with E-state index in [1.165, 1.54) is 35.8 Å². The van der Waals surface area contributed by atoms with Crippen LogP contribution in [0.5, 0.6) is 0 Å². The van der Waals surface area contributed by atoms with Crippen LogP contribution in [0.15, 0.2) is 12.1 Å². The lowest BCUT2D eigenvalue weighted by atomic mass is 10.1. The molecule has 2 rings (SSSR count). The quantitative estimate of drug-likeness (QED) is 0.871. The Balaban J connectivity index is 1.76. The van der Waals surface area contributed by atoms with Crippen LogP contribution in [0.3, 0.4) is 0 Å². The van der Waals surface area contributed by atoms with E-state index in [2.05, 4.69) is 62.1 Å². The van der Waals surface area contributed by atoms with Crippen LogP contribution in [0.1, 0.15) is 36.9 Å². The van der Waals surface area contributed by atoms with Crippen molar-refractivity contribution in [1.82, 2.24) is 15.1 Å². The second kappa shape index (κ2) is 7.23. The molecule has 0 bridgehead atoms. The highest BCUT2D eigenvalue weighted by Gasteiger charge is 2.20. The Morgan fingerprint density at radius 1 is 1.33 bits per heavy atom. The Labute approximate surface area is 134 Å². The molecule has 0 aromatic carbocycles. The fourth-order valence-electron chi connectivity index (χ4n) is 2.90. The van der Waals surface area contributed by atoms with Gasteiger partial charge in [-0.15, -0.1) is 11.3 Å². The molecule has 1 aromatic heterocycles. The molecule has 3 nitrogen and oxygen atoms in total. The van der Waals surface area contributed by atoms with Gasteiger partial charge in [0.25, 0.3) is 0 Å². The summed E-state index contributed by atoms with van der Waals surface area (Å²) in [5.41, 5.74) is 0.190. The molecule has 1 saturated heterocycles. The van der Waals surface area contributed by atoms with E-state index >= 15 is 0 Å². The maximum absolute atomic E-state index is 3.56. The molecule has 120 valence electrons. The van der Waals surface area contributed by atoms with Crippen molar-refractivity contribution in [3.8, 4) is 0 Å². The van der Waals surface area contributed by atoms with Crippen LogP contribution >= 0.6 is 11.3 Å². The maximum atomic E-state index is 3.56. The zero-order chi connectivity index (χ0) is 15.5. The number of hydrogen-bond donors (Lipinski definition) is 1. The van der Waals surface area contributed by atoms with E-state index < -0.39 is 0 Å². The summed E-state index contributed by atoms with van der Waals surface area (Å²) in [7, 11) is 4.49. The fourth-order valence-corrected chi connectivity index (χ4v) is 3.94. The van der Waals surface area contributed by atoms with Gasteiger partial charge in [0.05, 0.1) is 0 Å². The summed E-state index contributed by atoms with van der Waals surface area (Å²) in [5, 5.41) is 3.56. The summed E-state index contributed by atoms with van der Waals surface area (Å²) in [4.78, 5) is 7.85. The van der Waals surface area contributed by atoms with Crippen LogP contribution in [0.2, 0.25) is 0 Å². The van der Waals surface area contributed by atoms with Gasteiger partial charge in [0.1, 0.15) is 0 Å². The molecule has 0 amide bonds. The molecule has 21 heavy (non-hydrogen) atoms. The van der Waals surface area contributed by atoms with Gasteiger partial charge in [-0.1, -0.05) is 0 Å². The minimum Gasteiger partial charge on any atom is -0.307 e. The summed E-state index contributed by atoms with van der Waals surface area (Å²) in [6, 6.07) is 4.57. The zero-order valence-corrected chi connectivity index (χ0v) is 15.1. The van der Waals surface area contributed by atoms with E-state index in [1.807, 2.05) is 11.3 Å². The number of nitrogens with zero attached hydrogens (tertiary/aromatic N) is 2. The van der Waals surface area contributed by atoms with Crippen molar-refractivity contribution in [2.75, 3.05) is 33.7 Å². The molecule has 0 saturated carbocycles. The minimum atomic E-state index is 0.190. The first kappa shape index (κ1) is 16.9. The van der Waals surface area contributed by atoms with Gasteiger partial charge < -0.3 is 15.1 Å². The van der Waals surface area contributed by atoms with Gasteiger partial charge in [0.2, 0.25) is 0 Å². The summed E-state index contributed by atoms with van der Waals surface area (Å²) < 4.78 is 0. The summed E-state index contributed by atoms with van der Waals surface area (Å²) in [6.45, 7) is 12.5. The highest BCUT2D eigenvalue weighted by atomic mass is 32.1. The highest BCUT2D eigenvalue weighted by Crippen LogP contribution is 2.21. The van der Waals surface area contributed by atoms with Gasteiger partial charge in [-0.3, -0.25) is 0 Å². The van der Waals surface area contributed by atoms with Gasteiger partial charge in [-0.25, -0.2) is 0 Å². The standard InChI is InChI=1S/C17H31N3S/c1-17(2,3)18-10-15-6-7-16(21-15)13-20(5)12-14-8-9-19(4)11-14/h6-7,14,18H,8-13H2,1-5H3. The van der Waals surface area contributed by atoms with E-state index in [1.54, 1.807) is 0 Å². The summed E-state index contributed by atoms with van der Waals surface area (Å²) >= 11 is 1.95. The molecule has 0 spiro atoms. The van der Waals surface area contributed by atoms with Crippen molar-refractivity contribution in [2.45, 2.75) is 45.8 Å². The van der Waals surface area contributed by atoms with Gasteiger partial charge >= 0.3 is 0 Å². The second-order valence-electron chi connectivity index (χ2n) is 7.59. The lowest BCUT2D eigenvalue weighted by Crippen LogP contribution is -2.34. The third kappa shape index (κ3) is 6.07. The third-order valence-corrected chi connectivity index (χ3v) is 5.06. The maximum Gasteiger partial charge on any atom is 0.0325 e. The fraction of sp³-hybridized carbons (Fsp3) is 0.765. The van der Waals surface area contributed by atoms with Crippen LogP contribution in [0.25, 0.3) is 0 Å². The van der Waals surface area contributed by atoms with Gasteiger partial charge in [-0.05, 0) is 65.9 Å². The van der Waals surface area contributed by atoms with Crippen LogP contribution in [-0.2, 0) is 13.1 Å². The Kier molecular flexibility index (Phi) is 5.83. The number of nitrogens with one attached hydrogen (secondary N) is 1. The molecule has 1 N–H and O–H groups in total. The summed E-state index contributed by atoms with van der Waals surface area (Å²) in [6.07, 6.45) is 1.35. The molecule has 0 radical (unpaired) electrons. The SMILES string of the molecule is CN1CCC(CN(C)Cc2ccc(CNC(C)(C)C)s2)C1. The Bertz CT molecular complexity index is 435. The normalized spacial score (nSPS) is 20.6. The molecular formula is C17H31N3S. The van der Waals surface area contributed by atoms with Crippen LogP contribution in [0.4, 0.5) is 0 Å². The van der Waals surface area contributed by atoms with Gasteiger partial charge in [0, 0.05) is 41.5 Å². The average molecular weight is 310 g/mol. The lowest BCUT2D eigenvalue weighted by molar-refractivity contribution is 0.269. The number of likely N-dealkylation sites (tertiary alicyclic amines) is 1. The van der Waals surface area contributed by atoms with E-state index in [9.17, 15) is 0 Å². The van der Waals surface area contributed by atoms with E-state index in [4.69, 9.17) is 0 Å². The minimum absolute atomic E-state index is 0.190. The Hall–Kier alpha value is -0.420. The largest absolute Gasteiger partial charge is 0.307 e. The van der Waals surface area contributed by atoms with Crippen LogP contribution < -0.4 is 5.32 Å². The lowest BCUT2D eigenvalue weighted by Gasteiger charge is -2.20.